The van der Waals surface area contributed by atoms with Gasteiger partial charge in [-0.05, 0) is 44.1 Å². The standard InChI is InChI=1S/C14H20FN3O/c1-17-6-5-10(8-17)9-18(2)14(19)11-3-4-13(16)12(15)7-11/h3-4,7,10H,5-6,8-9,16H2,1-2H3. The molecule has 1 atom stereocenters. The number of carbonyl (C=O) groups is 1. The first-order valence-electron chi connectivity index (χ1n) is 6.46. The Kier molecular flexibility index (Phi) is 4.04. The highest BCUT2D eigenvalue weighted by Gasteiger charge is 2.23. The van der Waals surface area contributed by atoms with Crippen molar-refractivity contribution in [3.05, 3.63) is 29.6 Å². The molecule has 1 aromatic carbocycles. The van der Waals surface area contributed by atoms with E-state index in [1.165, 1.54) is 12.1 Å². The van der Waals surface area contributed by atoms with Crippen molar-refractivity contribution < 1.29 is 9.18 Å². The molecule has 0 radical (unpaired) electrons. The first-order valence-corrected chi connectivity index (χ1v) is 6.46. The molecule has 104 valence electrons. The van der Waals surface area contributed by atoms with E-state index in [0.717, 1.165) is 19.5 Å². The summed E-state index contributed by atoms with van der Waals surface area (Å²) in [6.07, 6.45) is 1.10. The van der Waals surface area contributed by atoms with E-state index in [1.807, 2.05) is 0 Å². The van der Waals surface area contributed by atoms with Crippen LogP contribution in [0.3, 0.4) is 0 Å². The number of nitrogen functional groups attached to an aromatic ring is 1. The molecule has 0 aliphatic carbocycles. The fraction of sp³-hybridized carbons (Fsp3) is 0.500. The Morgan fingerprint density at radius 1 is 1.58 bits per heavy atom. The van der Waals surface area contributed by atoms with Gasteiger partial charge in [0.05, 0.1) is 5.69 Å². The van der Waals surface area contributed by atoms with Crippen LogP contribution in [0, 0.1) is 11.7 Å². The predicted octanol–water partition coefficient (Wildman–Crippen LogP) is 1.43. The molecule has 4 nitrogen and oxygen atoms in total. The summed E-state index contributed by atoms with van der Waals surface area (Å²) >= 11 is 0. The Bertz CT molecular complexity index is 478. The van der Waals surface area contributed by atoms with E-state index in [2.05, 4.69) is 11.9 Å². The Morgan fingerprint density at radius 3 is 2.89 bits per heavy atom. The average molecular weight is 265 g/mol. The lowest BCUT2D eigenvalue weighted by molar-refractivity contribution is 0.0773. The number of nitrogens with two attached hydrogens (primary N) is 1. The molecular weight excluding hydrogens is 245 g/mol. The highest BCUT2D eigenvalue weighted by Crippen LogP contribution is 2.17. The van der Waals surface area contributed by atoms with Gasteiger partial charge in [-0.1, -0.05) is 0 Å². The molecule has 1 amide bonds. The molecule has 1 fully saturated rings. The molecule has 1 aliphatic rings. The third kappa shape index (κ3) is 3.23. The zero-order valence-corrected chi connectivity index (χ0v) is 11.4. The number of likely N-dealkylation sites (tertiary alicyclic amines) is 1. The summed E-state index contributed by atoms with van der Waals surface area (Å²) in [5.41, 5.74) is 5.82. The second-order valence-corrected chi connectivity index (χ2v) is 5.34. The number of benzene rings is 1. The topological polar surface area (TPSA) is 49.6 Å². The number of halogens is 1. The number of rotatable bonds is 3. The normalized spacial score (nSPS) is 19.6. The van der Waals surface area contributed by atoms with Gasteiger partial charge in [-0.3, -0.25) is 4.79 Å². The van der Waals surface area contributed by atoms with Crippen molar-refractivity contribution in [2.75, 3.05) is 39.5 Å². The van der Waals surface area contributed by atoms with E-state index in [1.54, 1.807) is 18.0 Å². The Hall–Kier alpha value is -1.62. The van der Waals surface area contributed by atoms with Crippen molar-refractivity contribution in [1.29, 1.82) is 0 Å². The maximum Gasteiger partial charge on any atom is 0.253 e. The van der Waals surface area contributed by atoms with E-state index in [4.69, 9.17) is 5.73 Å². The molecule has 1 unspecified atom stereocenters. The van der Waals surface area contributed by atoms with Gasteiger partial charge in [0, 0.05) is 25.7 Å². The largest absolute Gasteiger partial charge is 0.396 e. The molecule has 1 saturated heterocycles. The zero-order chi connectivity index (χ0) is 14.0. The smallest absolute Gasteiger partial charge is 0.253 e. The minimum atomic E-state index is -0.542. The van der Waals surface area contributed by atoms with Crippen LogP contribution in [-0.4, -0.2) is 49.4 Å². The maximum absolute atomic E-state index is 13.4. The van der Waals surface area contributed by atoms with Crippen LogP contribution in [0.5, 0.6) is 0 Å². The van der Waals surface area contributed by atoms with Crippen LogP contribution >= 0.6 is 0 Å². The summed E-state index contributed by atoms with van der Waals surface area (Å²) in [6.45, 7) is 2.78. The number of carbonyl (C=O) groups excluding carboxylic acids is 1. The number of hydrogen-bond donors (Lipinski definition) is 1. The number of amides is 1. The average Bonchev–Trinajstić information content (AvgIpc) is 2.77. The minimum absolute atomic E-state index is 0.0663. The fourth-order valence-electron chi connectivity index (χ4n) is 2.53. The summed E-state index contributed by atoms with van der Waals surface area (Å²) in [5.74, 6) is -0.203. The lowest BCUT2D eigenvalue weighted by Gasteiger charge is -2.21. The molecule has 0 aromatic heterocycles. The quantitative estimate of drug-likeness (QED) is 0.841. The molecule has 2 rings (SSSR count). The predicted molar refractivity (Wildman–Crippen MR) is 73.4 cm³/mol. The van der Waals surface area contributed by atoms with Crippen LogP contribution in [0.2, 0.25) is 0 Å². The molecule has 2 N–H and O–H groups in total. The van der Waals surface area contributed by atoms with Gasteiger partial charge in [-0.15, -0.1) is 0 Å². The van der Waals surface area contributed by atoms with Gasteiger partial charge in [0.1, 0.15) is 5.82 Å². The first-order chi connectivity index (χ1) is 8.97. The molecule has 1 aromatic rings. The van der Waals surface area contributed by atoms with Gasteiger partial charge in [0.25, 0.3) is 5.91 Å². The lowest BCUT2D eigenvalue weighted by atomic mass is 10.1. The summed E-state index contributed by atoms with van der Waals surface area (Å²) in [6, 6.07) is 4.20. The second-order valence-electron chi connectivity index (χ2n) is 5.34. The van der Waals surface area contributed by atoms with Gasteiger partial charge in [-0.2, -0.15) is 0 Å². The van der Waals surface area contributed by atoms with Crippen LogP contribution in [0.4, 0.5) is 10.1 Å². The lowest BCUT2D eigenvalue weighted by Crippen LogP contribution is -2.32. The van der Waals surface area contributed by atoms with Crippen molar-refractivity contribution in [3.63, 3.8) is 0 Å². The van der Waals surface area contributed by atoms with Gasteiger partial charge in [0.15, 0.2) is 0 Å². The Morgan fingerprint density at radius 2 is 2.32 bits per heavy atom. The van der Waals surface area contributed by atoms with Gasteiger partial charge in [0.2, 0.25) is 0 Å². The van der Waals surface area contributed by atoms with Crippen LogP contribution in [0.1, 0.15) is 16.8 Å². The molecule has 1 heterocycles. The van der Waals surface area contributed by atoms with E-state index in [-0.39, 0.29) is 11.6 Å². The first kappa shape index (κ1) is 13.8. The summed E-state index contributed by atoms with van der Waals surface area (Å²) < 4.78 is 13.4. The molecule has 0 bridgehead atoms. The van der Waals surface area contributed by atoms with Gasteiger partial charge in [-0.25, -0.2) is 4.39 Å². The van der Waals surface area contributed by atoms with E-state index in [9.17, 15) is 9.18 Å². The number of anilines is 1. The maximum atomic E-state index is 13.4. The van der Waals surface area contributed by atoms with Crippen LogP contribution in [0.25, 0.3) is 0 Å². The van der Waals surface area contributed by atoms with E-state index < -0.39 is 5.82 Å². The molecule has 0 saturated carbocycles. The van der Waals surface area contributed by atoms with Crippen LogP contribution < -0.4 is 5.73 Å². The highest BCUT2D eigenvalue weighted by molar-refractivity contribution is 5.94. The second kappa shape index (κ2) is 5.57. The van der Waals surface area contributed by atoms with E-state index in [0.29, 0.717) is 18.0 Å². The summed E-state index contributed by atoms with van der Waals surface area (Å²) in [7, 11) is 3.84. The Labute approximate surface area is 113 Å². The van der Waals surface area contributed by atoms with Crippen molar-refractivity contribution in [3.8, 4) is 0 Å². The van der Waals surface area contributed by atoms with Crippen LogP contribution in [-0.2, 0) is 0 Å². The highest BCUT2D eigenvalue weighted by atomic mass is 19.1. The van der Waals surface area contributed by atoms with Crippen molar-refractivity contribution in [2.45, 2.75) is 6.42 Å². The molecule has 5 heteroatoms. The fourth-order valence-corrected chi connectivity index (χ4v) is 2.53. The van der Waals surface area contributed by atoms with Gasteiger partial charge < -0.3 is 15.5 Å². The number of hydrogen-bond acceptors (Lipinski definition) is 3. The molecular formula is C14H20FN3O. The monoisotopic (exact) mass is 265 g/mol. The van der Waals surface area contributed by atoms with Crippen molar-refractivity contribution in [2.24, 2.45) is 5.92 Å². The van der Waals surface area contributed by atoms with E-state index >= 15 is 0 Å². The Balaban J connectivity index is 2.00. The third-order valence-corrected chi connectivity index (χ3v) is 3.62. The van der Waals surface area contributed by atoms with Crippen molar-refractivity contribution in [1.82, 2.24) is 9.80 Å². The van der Waals surface area contributed by atoms with Crippen LogP contribution in [0.15, 0.2) is 18.2 Å². The summed E-state index contributed by atoms with van der Waals surface area (Å²) in [5, 5.41) is 0. The third-order valence-electron chi connectivity index (χ3n) is 3.62. The zero-order valence-electron chi connectivity index (χ0n) is 11.4. The molecule has 1 aliphatic heterocycles. The summed E-state index contributed by atoms with van der Waals surface area (Å²) in [4.78, 5) is 16.1. The number of nitrogens with zero attached hydrogens (tertiary/aromatic N) is 2. The SMILES string of the molecule is CN1CCC(CN(C)C(=O)c2ccc(N)c(F)c2)C1. The minimum Gasteiger partial charge on any atom is -0.396 e. The molecule has 0 spiro atoms. The van der Waals surface area contributed by atoms with Gasteiger partial charge >= 0.3 is 0 Å². The molecule has 19 heavy (non-hydrogen) atoms. The van der Waals surface area contributed by atoms with Crippen molar-refractivity contribution >= 4 is 11.6 Å².